The van der Waals surface area contributed by atoms with Gasteiger partial charge in [0, 0.05) is 53.6 Å². The molecule has 232 valence electrons. The first-order valence-corrected chi connectivity index (χ1v) is 14.1. The summed E-state index contributed by atoms with van der Waals surface area (Å²) in [5, 5.41) is 19.5. The second-order valence-electron chi connectivity index (χ2n) is 10.4. The number of benzene rings is 2. The normalized spacial score (nSPS) is 13.1. The number of para-hydroxylation sites is 2. The summed E-state index contributed by atoms with van der Waals surface area (Å²) in [5.74, 6) is -3.24. The molecule has 3 amide bonds. The maximum atomic E-state index is 13.7. The number of nitrogens with two attached hydrogens (primary N) is 3. The minimum atomic E-state index is -1.25. The zero-order chi connectivity index (χ0) is 31.6. The fourth-order valence-corrected chi connectivity index (χ4v) is 5.02. The molecule has 2 aromatic heterocycles. The first-order valence-electron chi connectivity index (χ1n) is 14.1. The van der Waals surface area contributed by atoms with Crippen LogP contribution in [0.4, 0.5) is 0 Å². The Labute approximate surface area is 252 Å². The van der Waals surface area contributed by atoms with Crippen molar-refractivity contribution in [2.24, 2.45) is 22.2 Å². The number of nitrogens with zero attached hydrogens (tertiary/aromatic N) is 1. The van der Waals surface area contributed by atoms with Gasteiger partial charge in [0.05, 0.1) is 6.54 Å². The Morgan fingerprint density at radius 3 is 1.77 bits per heavy atom. The number of H-pyrrole nitrogens is 2. The van der Waals surface area contributed by atoms with E-state index in [4.69, 9.17) is 17.2 Å². The molecule has 0 aliphatic carbocycles. The third-order valence-electron chi connectivity index (χ3n) is 7.23. The van der Waals surface area contributed by atoms with Gasteiger partial charge in [0.15, 0.2) is 5.96 Å². The van der Waals surface area contributed by atoms with Crippen LogP contribution in [-0.2, 0) is 32.0 Å². The quantitative estimate of drug-likeness (QED) is 0.0506. The Morgan fingerprint density at radius 1 is 0.773 bits per heavy atom. The average molecular weight is 604 g/mol. The van der Waals surface area contributed by atoms with Gasteiger partial charge in [-0.1, -0.05) is 36.4 Å². The predicted octanol–water partition coefficient (Wildman–Crippen LogP) is -0.0143. The first-order chi connectivity index (χ1) is 21.2. The molecule has 0 aliphatic rings. The van der Waals surface area contributed by atoms with Gasteiger partial charge < -0.3 is 48.2 Å². The second-order valence-corrected chi connectivity index (χ2v) is 10.4. The van der Waals surface area contributed by atoms with Gasteiger partial charge in [-0.15, -0.1) is 0 Å². The summed E-state index contributed by atoms with van der Waals surface area (Å²) in [6.07, 6.45) is 4.02. The van der Waals surface area contributed by atoms with Crippen LogP contribution in [0.3, 0.4) is 0 Å². The van der Waals surface area contributed by atoms with Crippen LogP contribution in [0.15, 0.2) is 65.9 Å². The van der Waals surface area contributed by atoms with Crippen molar-refractivity contribution in [3.8, 4) is 0 Å². The van der Waals surface area contributed by atoms with Crippen molar-refractivity contribution in [3.63, 3.8) is 0 Å². The molecule has 0 radical (unpaired) electrons. The van der Waals surface area contributed by atoms with E-state index in [0.29, 0.717) is 6.42 Å². The van der Waals surface area contributed by atoms with Gasteiger partial charge in [-0.05, 0) is 36.1 Å². The molecule has 12 N–H and O–H groups in total. The smallest absolute Gasteiger partial charge is 0.326 e. The van der Waals surface area contributed by atoms with Crippen LogP contribution in [0.5, 0.6) is 0 Å². The van der Waals surface area contributed by atoms with Crippen molar-refractivity contribution in [2.75, 3.05) is 13.1 Å². The Bertz CT molecular complexity index is 1660. The van der Waals surface area contributed by atoms with E-state index in [9.17, 15) is 24.3 Å². The van der Waals surface area contributed by atoms with Crippen LogP contribution < -0.4 is 33.2 Å². The van der Waals surface area contributed by atoms with Gasteiger partial charge in [-0.25, -0.2) is 4.79 Å². The highest BCUT2D eigenvalue weighted by atomic mass is 16.4. The number of carbonyl (C=O) groups excluding carboxylic acids is 3. The standard InChI is InChI=1S/C30H37N9O5/c31-14-26(40)37-24(12-17-15-35-21-8-3-1-6-19(17)21)27(41)39-25(13-18-16-36-22-9-4-2-7-20(18)22)28(42)38-23(29(43)44)10-5-11-34-30(32)33/h1-4,6-9,15-16,23-25,35-36H,5,10-14,31H2,(H,37,40)(H,38,42)(H,39,41)(H,43,44)(H4,32,33,34). The molecular formula is C30H37N9O5. The number of guanidine groups is 1. The maximum absolute atomic E-state index is 13.7. The minimum Gasteiger partial charge on any atom is -0.480 e. The molecule has 0 fully saturated rings. The minimum absolute atomic E-state index is 0.0482. The van der Waals surface area contributed by atoms with E-state index in [0.717, 1.165) is 32.9 Å². The van der Waals surface area contributed by atoms with Gasteiger partial charge in [-0.3, -0.25) is 19.4 Å². The molecule has 2 aromatic carbocycles. The van der Waals surface area contributed by atoms with Crippen molar-refractivity contribution in [1.29, 1.82) is 0 Å². The number of carboxylic acids is 1. The van der Waals surface area contributed by atoms with E-state index < -0.39 is 41.8 Å². The molecule has 0 spiro atoms. The van der Waals surface area contributed by atoms with Crippen molar-refractivity contribution in [2.45, 2.75) is 43.8 Å². The summed E-state index contributed by atoms with van der Waals surface area (Å²) in [6.45, 7) is -0.148. The van der Waals surface area contributed by atoms with Gasteiger partial charge in [0.25, 0.3) is 0 Å². The molecular weight excluding hydrogens is 566 g/mol. The van der Waals surface area contributed by atoms with Crippen molar-refractivity contribution < 1.29 is 24.3 Å². The van der Waals surface area contributed by atoms with E-state index >= 15 is 0 Å². The Hall–Kier alpha value is -5.37. The number of fused-ring (bicyclic) bond motifs is 2. The van der Waals surface area contributed by atoms with Crippen LogP contribution in [0.1, 0.15) is 24.0 Å². The lowest BCUT2D eigenvalue weighted by atomic mass is 10.0. The van der Waals surface area contributed by atoms with Crippen LogP contribution >= 0.6 is 0 Å². The predicted molar refractivity (Wildman–Crippen MR) is 166 cm³/mol. The van der Waals surface area contributed by atoms with E-state index in [1.807, 2.05) is 48.5 Å². The number of aliphatic imine (C=N–C) groups is 1. The fourth-order valence-electron chi connectivity index (χ4n) is 5.02. The van der Waals surface area contributed by atoms with E-state index in [-0.39, 0.29) is 38.3 Å². The number of carboxylic acid groups (broad SMARTS) is 1. The van der Waals surface area contributed by atoms with E-state index in [2.05, 4.69) is 30.9 Å². The lowest BCUT2D eigenvalue weighted by Gasteiger charge is -2.24. The fraction of sp³-hybridized carbons (Fsp3) is 0.300. The molecule has 4 rings (SSSR count). The zero-order valence-electron chi connectivity index (χ0n) is 24.0. The number of aliphatic carboxylic acids is 1. The van der Waals surface area contributed by atoms with Gasteiger partial charge in [-0.2, -0.15) is 0 Å². The molecule has 0 saturated heterocycles. The Morgan fingerprint density at radius 2 is 1.27 bits per heavy atom. The molecule has 0 bridgehead atoms. The molecule has 2 heterocycles. The van der Waals surface area contributed by atoms with Crippen LogP contribution in [0, 0.1) is 0 Å². The summed E-state index contributed by atoms with van der Waals surface area (Å²) in [4.78, 5) is 61.8. The molecule has 3 atom stereocenters. The molecule has 0 aliphatic heterocycles. The number of hydrogen-bond acceptors (Lipinski definition) is 6. The van der Waals surface area contributed by atoms with E-state index in [1.165, 1.54) is 0 Å². The highest BCUT2D eigenvalue weighted by Crippen LogP contribution is 2.21. The highest BCUT2D eigenvalue weighted by molar-refractivity contribution is 5.95. The molecule has 14 nitrogen and oxygen atoms in total. The van der Waals surface area contributed by atoms with Gasteiger partial charge in [0.2, 0.25) is 17.7 Å². The monoisotopic (exact) mass is 603 g/mol. The SMILES string of the molecule is NCC(=O)NC(Cc1c[nH]c2ccccc12)C(=O)NC(Cc1c[nH]c2ccccc12)C(=O)NC(CCCN=C(N)N)C(=O)O. The van der Waals surface area contributed by atoms with Crippen LogP contribution in [0.25, 0.3) is 21.8 Å². The average Bonchev–Trinajstić information content (AvgIpc) is 3.61. The summed E-state index contributed by atoms with van der Waals surface area (Å²) >= 11 is 0. The molecule has 4 aromatic rings. The van der Waals surface area contributed by atoms with E-state index in [1.54, 1.807) is 12.4 Å². The lowest BCUT2D eigenvalue weighted by Crippen LogP contribution is -2.57. The Kier molecular flexibility index (Phi) is 10.5. The largest absolute Gasteiger partial charge is 0.480 e. The third kappa shape index (κ3) is 8.13. The van der Waals surface area contributed by atoms with Crippen LogP contribution in [0.2, 0.25) is 0 Å². The number of aromatic amines is 2. The number of hydrogen-bond donors (Lipinski definition) is 9. The zero-order valence-corrected chi connectivity index (χ0v) is 24.0. The second kappa shape index (κ2) is 14.7. The van der Waals surface area contributed by atoms with Crippen molar-refractivity contribution in [3.05, 3.63) is 72.1 Å². The highest BCUT2D eigenvalue weighted by Gasteiger charge is 2.30. The summed E-state index contributed by atoms with van der Waals surface area (Å²) in [7, 11) is 0. The number of carbonyl (C=O) groups is 4. The van der Waals surface area contributed by atoms with Crippen LogP contribution in [-0.4, -0.2) is 75.9 Å². The third-order valence-corrected chi connectivity index (χ3v) is 7.23. The van der Waals surface area contributed by atoms with Crippen molar-refractivity contribution >= 4 is 51.5 Å². The molecule has 44 heavy (non-hydrogen) atoms. The number of rotatable bonds is 15. The van der Waals surface area contributed by atoms with Gasteiger partial charge in [0.1, 0.15) is 18.1 Å². The number of nitrogens with one attached hydrogen (secondary N) is 5. The summed E-state index contributed by atoms with van der Waals surface area (Å²) in [5.41, 5.74) is 19.4. The molecule has 0 saturated carbocycles. The molecule has 3 unspecified atom stereocenters. The van der Waals surface area contributed by atoms with Gasteiger partial charge >= 0.3 is 5.97 Å². The summed E-state index contributed by atoms with van der Waals surface area (Å²) < 4.78 is 0. The molecule has 14 heteroatoms. The van der Waals surface area contributed by atoms with Crippen molar-refractivity contribution in [1.82, 2.24) is 25.9 Å². The Balaban J connectivity index is 1.58. The first kappa shape index (κ1) is 31.6. The summed E-state index contributed by atoms with van der Waals surface area (Å²) in [6, 6.07) is 11.5. The number of aromatic nitrogens is 2. The lowest BCUT2D eigenvalue weighted by molar-refractivity contribution is -0.142. The topological polar surface area (TPSA) is 247 Å². The maximum Gasteiger partial charge on any atom is 0.326 e. The number of amides is 3.